The number of rotatable bonds is 10. The largest absolute Gasteiger partial charge is 1.00 e. The van der Waals surface area contributed by atoms with Gasteiger partial charge in [-0.15, -0.1) is 0 Å². The first-order valence-corrected chi connectivity index (χ1v) is 7.23. The molecule has 0 saturated carbocycles. The third-order valence-electron chi connectivity index (χ3n) is 3.30. The van der Waals surface area contributed by atoms with Crippen LogP contribution in [0.25, 0.3) is 0 Å². The van der Waals surface area contributed by atoms with Gasteiger partial charge in [-0.1, -0.05) is 0 Å². The maximum atomic E-state index is 10.8. The molecule has 0 aliphatic carbocycles. The second-order valence-electron chi connectivity index (χ2n) is 4.56. The molecule has 0 unspecified atom stereocenters. The van der Waals surface area contributed by atoms with E-state index in [0.29, 0.717) is 30.3 Å². The molecule has 0 spiro atoms. The van der Waals surface area contributed by atoms with Crippen molar-refractivity contribution in [2.45, 2.75) is 32.5 Å². The molecule has 0 aliphatic heterocycles. The predicted molar refractivity (Wildman–Crippen MR) is 78.7 cm³/mol. The first-order chi connectivity index (χ1) is 10.5. The summed E-state index contributed by atoms with van der Waals surface area (Å²) in [5, 5.41) is 10.8. The van der Waals surface area contributed by atoms with Crippen LogP contribution in [0.15, 0.2) is 18.2 Å². The van der Waals surface area contributed by atoms with E-state index in [1.807, 2.05) is 13.8 Å². The van der Waals surface area contributed by atoms with Gasteiger partial charge in [-0.2, -0.15) is 0 Å². The van der Waals surface area contributed by atoms with Crippen molar-refractivity contribution in [3.63, 3.8) is 0 Å². The molecule has 0 fully saturated rings. The number of carbonyl (C=O) groups excluding carboxylic acids is 1. The van der Waals surface area contributed by atoms with E-state index in [1.165, 1.54) is 14.2 Å². The number of benzene rings is 1. The van der Waals surface area contributed by atoms with E-state index >= 15 is 0 Å². The minimum Gasteiger partial charge on any atom is -0.550 e. The maximum Gasteiger partial charge on any atom is 1.00 e. The van der Waals surface area contributed by atoms with Gasteiger partial charge in [0.2, 0.25) is 0 Å². The molecule has 0 atom stereocenters. The minimum atomic E-state index is -1.17. The Balaban J connectivity index is 0.00000484. The second-order valence-corrected chi connectivity index (χ2v) is 4.56. The molecule has 124 valence electrons. The van der Waals surface area contributed by atoms with Crippen LogP contribution in [-0.2, 0) is 20.1 Å². The fourth-order valence-electron chi connectivity index (χ4n) is 2.22. The average molecular weight is 350 g/mol. The van der Waals surface area contributed by atoms with Crippen molar-refractivity contribution >= 4 is 5.97 Å². The van der Waals surface area contributed by atoms with E-state index in [2.05, 4.69) is 0 Å². The van der Waals surface area contributed by atoms with Crippen LogP contribution in [0.3, 0.4) is 0 Å². The van der Waals surface area contributed by atoms with E-state index in [-0.39, 0.29) is 64.2 Å². The van der Waals surface area contributed by atoms with Crippen LogP contribution in [0.4, 0.5) is 0 Å². The Hall–Kier alpha value is -0.154. The van der Waals surface area contributed by atoms with Gasteiger partial charge < -0.3 is 28.8 Å². The van der Waals surface area contributed by atoms with Crippen LogP contribution in [0, 0.1) is 0 Å². The van der Waals surface area contributed by atoms with E-state index < -0.39 is 11.8 Å². The summed E-state index contributed by atoms with van der Waals surface area (Å²) in [5.74, 6) is -1.14. The Bertz CT molecular complexity index is 487. The summed E-state index contributed by atoms with van der Waals surface area (Å²) in [4.78, 5) is 10.8. The van der Waals surface area contributed by atoms with Crippen LogP contribution in [0.5, 0.6) is 11.5 Å². The van der Waals surface area contributed by atoms with E-state index in [0.717, 1.165) is 0 Å². The van der Waals surface area contributed by atoms with Gasteiger partial charge in [-0.05, 0) is 38.5 Å². The predicted octanol–water partition coefficient (Wildman–Crippen LogP) is -1.54. The molecule has 1 aromatic carbocycles. The topological polar surface area (TPSA) is 77.1 Å². The molecular formula is C16H23KO6. The van der Waals surface area contributed by atoms with Crippen LogP contribution in [0.2, 0.25) is 0 Å². The summed E-state index contributed by atoms with van der Waals surface area (Å²) in [6, 6.07) is 5.28. The Morgan fingerprint density at radius 2 is 1.65 bits per heavy atom. The van der Waals surface area contributed by atoms with Gasteiger partial charge in [-0.3, -0.25) is 0 Å². The Morgan fingerprint density at radius 1 is 1.09 bits per heavy atom. The number of carbonyl (C=O) groups is 1. The Morgan fingerprint density at radius 3 is 2.13 bits per heavy atom. The van der Waals surface area contributed by atoms with Gasteiger partial charge in [-0.25, -0.2) is 0 Å². The van der Waals surface area contributed by atoms with Crippen molar-refractivity contribution < 1.29 is 80.2 Å². The van der Waals surface area contributed by atoms with Crippen LogP contribution in [-0.4, -0.2) is 33.4 Å². The third kappa shape index (κ3) is 6.34. The molecule has 0 bridgehead atoms. The molecule has 0 N–H and O–H groups in total. The van der Waals surface area contributed by atoms with Crippen LogP contribution < -0.4 is 66.0 Å². The summed E-state index contributed by atoms with van der Waals surface area (Å²) in [7, 11) is 2.94. The number of carboxylic acid groups (broad SMARTS) is 1. The molecule has 23 heavy (non-hydrogen) atoms. The summed E-state index contributed by atoms with van der Waals surface area (Å²) in [6.45, 7) is 4.76. The number of carboxylic acids is 1. The zero-order valence-corrected chi connectivity index (χ0v) is 17.6. The van der Waals surface area contributed by atoms with Crippen LogP contribution in [0.1, 0.15) is 32.3 Å². The van der Waals surface area contributed by atoms with Crippen molar-refractivity contribution in [2.75, 3.05) is 27.4 Å². The van der Waals surface area contributed by atoms with Gasteiger partial charge in [0.1, 0.15) is 0 Å². The SMILES string of the molecule is CCOc1ccc(C(CCC(=O)[O-])(OC)OC)cc1OCC.[K+]. The van der Waals surface area contributed by atoms with E-state index in [1.54, 1.807) is 18.2 Å². The zero-order valence-electron chi connectivity index (χ0n) is 14.5. The first-order valence-electron chi connectivity index (χ1n) is 7.23. The molecule has 0 radical (unpaired) electrons. The monoisotopic (exact) mass is 350 g/mol. The molecule has 0 saturated heterocycles. The fraction of sp³-hybridized carbons (Fsp3) is 0.562. The van der Waals surface area contributed by atoms with Crippen molar-refractivity contribution in [1.29, 1.82) is 0 Å². The van der Waals surface area contributed by atoms with Crippen molar-refractivity contribution in [3.8, 4) is 11.5 Å². The van der Waals surface area contributed by atoms with Gasteiger partial charge >= 0.3 is 51.4 Å². The summed E-state index contributed by atoms with van der Waals surface area (Å²) < 4.78 is 22.0. The number of aliphatic carboxylic acids is 1. The minimum absolute atomic E-state index is 0. The van der Waals surface area contributed by atoms with Gasteiger partial charge in [0, 0.05) is 32.2 Å². The molecule has 1 aromatic rings. The first kappa shape index (κ1) is 22.8. The molecule has 0 heterocycles. The molecule has 7 heteroatoms. The Labute approximate surface area is 179 Å². The summed E-state index contributed by atoms with van der Waals surface area (Å²) in [5.41, 5.74) is 0.658. The van der Waals surface area contributed by atoms with E-state index in [4.69, 9.17) is 18.9 Å². The number of hydrogen-bond donors (Lipinski definition) is 0. The molecule has 0 aliphatic rings. The molecule has 1 rings (SSSR count). The molecule has 6 nitrogen and oxygen atoms in total. The zero-order chi connectivity index (χ0) is 16.6. The molecule has 0 aromatic heterocycles. The second kappa shape index (κ2) is 11.4. The standard InChI is InChI=1S/C16H24O6.K/c1-5-21-13-8-7-12(11-14(13)22-6-2)16(19-3,20-4)10-9-15(17)18;/h7-8,11H,5-6,9-10H2,1-4H3,(H,17,18);/q;+1/p-1. The van der Waals surface area contributed by atoms with Crippen LogP contribution >= 0.6 is 0 Å². The van der Waals surface area contributed by atoms with E-state index in [9.17, 15) is 9.90 Å². The third-order valence-corrected chi connectivity index (χ3v) is 3.30. The quantitative estimate of drug-likeness (QED) is 0.376. The smallest absolute Gasteiger partial charge is 0.550 e. The van der Waals surface area contributed by atoms with Crippen molar-refractivity contribution in [2.24, 2.45) is 0 Å². The number of hydrogen-bond acceptors (Lipinski definition) is 6. The number of ether oxygens (including phenoxy) is 4. The van der Waals surface area contributed by atoms with Crippen molar-refractivity contribution in [3.05, 3.63) is 23.8 Å². The maximum absolute atomic E-state index is 10.8. The average Bonchev–Trinajstić information content (AvgIpc) is 2.51. The van der Waals surface area contributed by atoms with Gasteiger partial charge in [0.25, 0.3) is 0 Å². The molecular weight excluding hydrogens is 327 g/mol. The van der Waals surface area contributed by atoms with Gasteiger partial charge in [0.05, 0.1) is 13.2 Å². The van der Waals surface area contributed by atoms with Crippen molar-refractivity contribution in [1.82, 2.24) is 0 Å². The normalized spacial score (nSPS) is 10.8. The fourth-order valence-corrected chi connectivity index (χ4v) is 2.22. The number of methoxy groups -OCH3 is 2. The summed E-state index contributed by atoms with van der Waals surface area (Å²) in [6.07, 6.45) is -0.0548. The summed E-state index contributed by atoms with van der Waals surface area (Å²) >= 11 is 0. The van der Waals surface area contributed by atoms with Gasteiger partial charge in [0.15, 0.2) is 17.3 Å². The molecule has 0 amide bonds. The Kier molecular flexibility index (Phi) is 11.3.